The highest BCUT2D eigenvalue weighted by atomic mass is 32.1. The lowest BCUT2D eigenvalue weighted by atomic mass is 9.76. The van der Waals surface area contributed by atoms with Crippen LogP contribution in [0.25, 0.3) is 11.0 Å². The normalized spacial score (nSPS) is 20.2. The number of aromatic amines is 1. The van der Waals surface area contributed by atoms with E-state index in [0.717, 1.165) is 4.88 Å². The molecule has 0 radical (unpaired) electrons. The Labute approximate surface area is 160 Å². The number of aromatic nitrogens is 2. The molecule has 2 aromatic heterocycles. The van der Waals surface area contributed by atoms with Crippen molar-refractivity contribution in [2.24, 2.45) is 5.92 Å². The number of carbonyl (C=O) groups excluding carboxylic acids is 1. The average molecular weight is 383 g/mol. The minimum Gasteiger partial charge on any atom is -0.393 e. The second-order valence-corrected chi connectivity index (χ2v) is 7.95. The molecule has 140 valence electrons. The maximum Gasteiger partial charge on any atom is 0.270 e. The van der Waals surface area contributed by atoms with Gasteiger partial charge in [-0.25, -0.2) is 4.98 Å². The average Bonchev–Trinajstić information content (AvgIpc) is 3.16. The molecule has 4 rings (SSSR count). The zero-order valence-electron chi connectivity index (χ0n) is 14.7. The fourth-order valence-corrected chi connectivity index (χ4v) is 4.38. The van der Waals surface area contributed by atoms with Crippen LogP contribution < -0.4 is 10.9 Å². The van der Waals surface area contributed by atoms with Crippen molar-refractivity contribution in [3.63, 3.8) is 0 Å². The Hall–Kier alpha value is -2.51. The molecule has 2 heterocycles. The first-order chi connectivity index (χ1) is 13.1. The summed E-state index contributed by atoms with van der Waals surface area (Å²) in [6, 6.07) is 11.2. The van der Waals surface area contributed by atoms with E-state index >= 15 is 0 Å². The molecule has 0 unspecified atom stereocenters. The minimum absolute atomic E-state index is 0.0799. The van der Waals surface area contributed by atoms with E-state index < -0.39 is 0 Å². The number of fused-ring (bicyclic) bond motifs is 1. The Balaban J connectivity index is 1.43. The van der Waals surface area contributed by atoms with Crippen molar-refractivity contribution in [1.82, 2.24) is 15.3 Å². The summed E-state index contributed by atoms with van der Waals surface area (Å²) in [5.74, 6) is 0.147. The topological polar surface area (TPSA) is 95.1 Å². The van der Waals surface area contributed by atoms with Crippen LogP contribution in [0, 0.1) is 5.92 Å². The molecule has 0 aliphatic heterocycles. The van der Waals surface area contributed by atoms with Crippen LogP contribution in [0.4, 0.5) is 0 Å². The molecule has 1 saturated carbocycles. The monoisotopic (exact) mass is 383 g/mol. The van der Waals surface area contributed by atoms with E-state index in [0.29, 0.717) is 29.6 Å². The lowest BCUT2D eigenvalue weighted by Gasteiger charge is -2.37. The van der Waals surface area contributed by atoms with Gasteiger partial charge in [0.2, 0.25) is 5.91 Å². The van der Waals surface area contributed by atoms with Crippen LogP contribution in [0.15, 0.2) is 46.6 Å². The van der Waals surface area contributed by atoms with Crippen LogP contribution in [0.5, 0.6) is 0 Å². The van der Waals surface area contributed by atoms with E-state index in [9.17, 15) is 14.7 Å². The second kappa shape index (κ2) is 7.62. The Kier molecular flexibility index (Phi) is 5.05. The maximum absolute atomic E-state index is 12.5. The summed E-state index contributed by atoms with van der Waals surface area (Å²) in [5.41, 5.74) is 1.53. The highest BCUT2D eigenvalue weighted by molar-refractivity contribution is 7.10. The molecule has 27 heavy (non-hydrogen) atoms. The van der Waals surface area contributed by atoms with Crippen LogP contribution in [0.1, 0.15) is 35.9 Å². The minimum atomic E-state index is -0.269. The first-order valence-electron chi connectivity index (χ1n) is 9.09. The molecule has 3 aromatic rings. The highest BCUT2D eigenvalue weighted by Crippen LogP contribution is 2.39. The third kappa shape index (κ3) is 3.94. The van der Waals surface area contributed by atoms with Gasteiger partial charge < -0.3 is 15.4 Å². The molecule has 1 atom stereocenters. The number of nitrogens with one attached hydrogen (secondary N) is 2. The number of H-pyrrole nitrogens is 1. The fourth-order valence-electron chi connectivity index (χ4n) is 3.51. The predicted molar refractivity (Wildman–Crippen MR) is 105 cm³/mol. The Morgan fingerprint density at radius 3 is 2.85 bits per heavy atom. The van der Waals surface area contributed by atoms with Crippen LogP contribution in [-0.2, 0) is 11.2 Å². The van der Waals surface area contributed by atoms with Gasteiger partial charge in [-0.3, -0.25) is 9.59 Å². The van der Waals surface area contributed by atoms with Gasteiger partial charge >= 0.3 is 0 Å². The third-order valence-corrected chi connectivity index (χ3v) is 6.00. The van der Waals surface area contributed by atoms with Crippen LogP contribution >= 0.6 is 11.3 Å². The van der Waals surface area contributed by atoms with Gasteiger partial charge in [-0.1, -0.05) is 18.2 Å². The molecule has 3 N–H and O–H groups in total. The second-order valence-electron chi connectivity index (χ2n) is 6.98. The standard InChI is InChI=1S/C20H21N3O3S/c24-13-10-12(11-13)19(17-6-3-9-27-17)23-18(25)8-7-16-20(26)22-15-5-2-1-4-14(15)21-16/h1-6,9,12-13,19,24H,7-8,10-11H2,(H,22,26)(H,23,25)/t12?,13?,19-/m0/s1. The van der Waals surface area contributed by atoms with Gasteiger partial charge in [0.15, 0.2) is 0 Å². The Bertz CT molecular complexity index is 993. The molecule has 1 amide bonds. The van der Waals surface area contributed by atoms with Crippen molar-refractivity contribution in [2.45, 2.75) is 37.8 Å². The zero-order chi connectivity index (χ0) is 18.8. The van der Waals surface area contributed by atoms with E-state index in [1.165, 1.54) is 0 Å². The molecule has 0 spiro atoms. The van der Waals surface area contributed by atoms with Crippen molar-refractivity contribution in [3.8, 4) is 0 Å². The maximum atomic E-state index is 12.5. The number of rotatable bonds is 6. The van der Waals surface area contributed by atoms with Crippen molar-refractivity contribution >= 4 is 28.3 Å². The number of para-hydroxylation sites is 2. The first-order valence-corrected chi connectivity index (χ1v) is 9.97. The zero-order valence-corrected chi connectivity index (χ0v) is 15.5. The smallest absolute Gasteiger partial charge is 0.270 e. The van der Waals surface area contributed by atoms with Gasteiger partial charge in [0.1, 0.15) is 5.69 Å². The number of nitrogens with zero attached hydrogens (tertiary/aromatic N) is 1. The molecule has 1 aromatic carbocycles. The molecule has 7 heteroatoms. The summed E-state index contributed by atoms with van der Waals surface area (Å²) in [4.78, 5) is 33.0. The molecule has 1 aliphatic carbocycles. The highest BCUT2D eigenvalue weighted by Gasteiger charge is 2.36. The largest absolute Gasteiger partial charge is 0.393 e. The van der Waals surface area contributed by atoms with E-state index in [1.807, 2.05) is 35.7 Å². The first kappa shape index (κ1) is 17.9. The Morgan fingerprint density at radius 1 is 1.30 bits per heavy atom. The van der Waals surface area contributed by atoms with Gasteiger partial charge in [0, 0.05) is 17.7 Å². The molecule has 0 saturated heterocycles. The van der Waals surface area contributed by atoms with E-state index in [2.05, 4.69) is 15.3 Å². The van der Waals surface area contributed by atoms with Crippen LogP contribution in [0.2, 0.25) is 0 Å². The summed E-state index contributed by atoms with van der Waals surface area (Å²) >= 11 is 1.61. The van der Waals surface area contributed by atoms with Crippen molar-refractivity contribution in [1.29, 1.82) is 0 Å². The molecule has 6 nitrogen and oxygen atoms in total. The molecule has 1 aliphatic rings. The lowest BCUT2D eigenvalue weighted by Crippen LogP contribution is -2.41. The van der Waals surface area contributed by atoms with E-state index in [4.69, 9.17) is 0 Å². The number of hydrogen-bond acceptors (Lipinski definition) is 5. The summed E-state index contributed by atoms with van der Waals surface area (Å²) in [6.45, 7) is 0. The lowest BCUT2D eigenvalue weighted by molar-refractivity contribution is -0.123. The summed E-state index contributed by atoms with van der Waals surface area (Å²) in [5, 5.41) is 14.7. The van der Waals surface area contributed by atoms with Crippen LogP contribution in [0.3, 0.4) is 0 Å². The van der Waals surface area contributed by atoms with Gasteiger partial charge in [0.05, 0.1) is 23.2 Å². The molecular formula is C20H21N3O3S. The third-order valence-electron chi connectivity index (χ3n) is 5.05. The van der Waals surface area contributed by atoms with Crippen molar-refractivity contribution < 1.29 is 9.90 Å². The van der Waals surface area contributed by atoms with E-state index in [-0.39, 0.29) is 42.4 Å². The fraction of sp³-hybridized carbons (Fsp3) is 0.350. The summed E-state index contributed by atoms with van der Waals surface area (Å²) in [6.07, 6.45) is 1.63. The number of carbonyl (C=O) groups is 1. The Morgan fingerprint density at radius 2 is 2.11 bits per heavy atom. The number of aryl methyl sites for hydroxylation is 1. The number of aliphatic hydroxyl groups is 1. The SMILES string of the molecule is O=C(CCc1nc2ccccc2[nH]c1=O)N[C@H](c1cccs1)C1CC(O)C1. The number of thiophene rings is 1. The predicted octanol–water partition coefficient (Wildman–Crippen LogP) is 2.55. The van der Waals surface area contributed by atoms with Gasteiger partial charge in [-0.15, -0.1) is 11.3 Å². The van der Waals surface area contributed by atoms with Crippen LogP contribution in [-0.4, -0.2) is 27.1 Å². The quantitative estimate of drug-likeness (QED) is 0.610. The van der Waals surface area contributed by atoms with Crippen molar-refractivity contribution in [3.05, 3.63) is 62.7 Å². The number of benzene rings is 1. The molecular weight excluding hydrogens is 362 g/mol. The summed E-state index contributed by atoms with van der Waals surface area (Å²) < 4.78 is 0. The van der Waals surface area contributed by atoms with Gasteiger partial charge in [0.25, 0.3) is 5.56 Å². The molecule has 0 bridgehead atoms. The number of aliphatic hydroxyl groups excluding tert-OH is 1. The van der Waals surface area contributed by atoms with Crippen molar-refractivity contribution in [2.75, 3.05) is 0 Å². The number of amides is 1. The molecule has 1 fully saturated rings. The van der Waals surface area contributed by atoms with Gasteiger partial charge in [-0.2, -0.15) is 0 Å². The van der Waals surface area contributed by atoms with Gasteiger partial charge in [-0.05, 0) is 42.3 Å². The number of hydrogen-bond donors (Lipinski definition) is 3. The summed E-state index contributed by atoms with van der Waals surface area (Å²) in [7, 11) is 0. The van der Waals surface area contributed by atoms with E-state index in [1.54, 1.807) is 17.4 Å².